The molecule has 3 rings (SSSR count). The summed E-state index contributed by atoms with van der Waals surface area (Å²) in [6, 6.07) is 8.03. The van der Waals surface area contributed by atoms with Gasteiger partial charge in [-0.3, -0.25) is 0 Å². The maximum Gasteiger partial charge on any atom is 0.225 e. The van der Waals surface area contributed by atoms with Crippen LogP contribution >= 0.6 is 0 Å². The summed E-state index contributed by atoms with van der Waals surface area (Å²) in [5.74, 6) is 2.67. The number of carbonyl (C=O) groups excluding carboxylic acids is 1. The second-order valence-electron chi connectivity index (χ2n) is 7.41. The first-order valence-electron chi connectivity index (χ1n) is 9.40. The van der Waals surface area contributed by atoms with Gasteiger partial charge in [0.05, 0.1) is 31.6 Å². The quantitative estimate of drug-likeness (QED) is 0.708. The first-order valence-corrected chi connectivity index (χ1v) is 9.40. The van der Waals surface area contributed by atoms with Gasteiger partial charge in [-0.25, -0.2) is 9.97 Å². The average molecular weight is 369 g/mol. The van der Waals surface area contributed by atoms with Crippen LogP contribution in [0, 0.1) is 0 Å². The molecule has 0 N–H and O–H groups in total. The zero-order chi connectivity index (χ0) is 19.4. The van der Waals surface area contributed by atoms with Crippen molar-refractivity contribution in [1.82, 2.24) is 9.97 Å². The van der Waals surface area contributed by atoms with Crippen LogP contribution in [0.4, 0.5) is 5.95 Å². The van der Waals surface area contributed by atoms with Crippen LogP contribution < -0.4 is 14.4 Å². The number of aromatic nitrogens is 2. The summed E-state index contributed by atoms with van der Waals surface area (Å²) >= 11 is 0. The summed E-state index contributed by atoms with van der Waals surface area (Å²) in [6.45, 7) is 9.16. The van der Waals surface area contributed by atoms with Crippen molar-refractivity contribution >= 4 is 11.7 Å². The van der Waals surface area contributed by atoms with Gasteiger partial charge in [0, 0.05) is 6.42 Å². The van der Waals surface area contributed by atoms with Crippen molar-refractivity contribution in [2.75, 3.05) is 18.0 Å². The van der Waals surface area contributed by atoms with Crippen LogP contribution in [-0.4, -0.2) is 41.0 Å². The Morgan fingerprint density at radius 2 is 1.74 bits per heavy atom. The van der Waals surface area contributed by atoms with Gasteiger partial charge in [-0.15, -0.1) is 0 Å². The largest absolute Gasteiger partial charge is 0.488 e. The van der Waals surface area contributed by atoms with E-state index in [0.29, 0.717) is 18.1 Å². The van der Waals surface area contributed by atoms with Crippen molar-refractivity contribution in [2.45, 2.75) is 52.2 Å². The molecular formula is C21H27N3O3. The fourth-order valence-corrected chi connectivity index (χ4v) is 3.10. The normalized spacial score (nSPS) is 15.4. The van der Waals surface area contributed by atoms with Crippen molar-refractivity contribution in [2.24, 2.45) is 0 Å². The number of hydrogen-bond donors (Lipinski definition) is 0. The van der Waals surface area contributed by atoms with Crippen LogP contribution in [0.3, 0.4) is 0 Å². The van der Waals surface area contributed by atoms with E-state index in [9.17, 15) is 4.79 Å². The van der Waals surface area contributed by atoms with E-state index < -0.39 is 0 Å². The van der Waals surface area contributed by atoms with Crippen molar-refractivity contribution in [3.63, 3.8) is 0 Å². The number of rotatable bonds is 8. The highest BCUT2D eigenvalue weighted by Gasteiger charge is 2.30. The van der Waals surface area contributed by atoms with Crippen molar-refractivity contribution in [3.8, 4) is 11.5 Å². The molecule has 0 amide bonds. The highest BCUT2D eigenvalue weighted by atomic mass is 16.5. The van der Waals surface area contributed by atoms with Crippen LogP contribution in [0.1, 0.15) is 45.6 Å². The molecule has 1 fully saturated rings. The zero-order valence-corrected chi connectivity index (χ0v) is 16.4. The molecule has 1 atom stereocenters. The summed E-state index contributed by atoms with van der Waals surface area (Å²) in [5, 5.41) is 0. The lowest BCUT2D eigenvalue weighted by atomic mass is 9.96. The Morgan fingerprint density at radius 1 is 1.11 bits per heavy atom. The predicted molar refractivity (Wildman–Crippen MR) is 105 cm³/mol. The van der Waals surface area contributed by atoms with Crippen molar-refractivity contribution in [1.29, 1.82) is 0 Å². The number of anilines is 1. The molecule has 0 aliphatic carbocycles. The lowest BCUT2D eigenvalue weighted by Gasteiger charge is -2.38. The molecule has 0 saturated carbocycles. The molecule has 1 aliphatic rings. The Balaban J connectivity index is 1.48. The van der Waals surface area contributed by atoms with Gasteiger partial charge in [-0.1, -0.05) is 19.1 Å². The Labute approximate surface area is 160 Å². The molecule has 6 nitrogen and oxygen atoms in total. The van der Waals surface area contributed by atoms with Crippen LogP contribution in [0.25, 0.3) is 0 Å². The zero-order valence-electron chi connectivity index (χ0n) is 16.4. The Bertz CT molecular complexity index is 753. The molecule has 1 aliphatic heterocycles. The minimum atomic E-state index is 0.109. The summed E-state index contributed by atoms with van der Waals surface area (Å²) in [4.78, 5) is 22.0. The summed E-state index contributed by atoms with van der Waals surface area (Å²) in [7, 11) is 0. The lowest BCUT2D eigenvalue weighted by molar-refractivity contribution is -0.117. The molecular weight excluding hydrogens is 342 g/mol. The van der Waals surface area contributed by atoms with Gasteiger partial charge in [0.15, 0.2) is 5.75 Å². The molecule has 2 aromatic rings. The average Bonchev–Trinajstić information content (AvgIpc) is 2.58. The van der Waals surface area contributed by atoms with Gasteiger partial charge in [0.1, 0.15) is 17.6 Å². The summed E-state index contributed by atoms with van der Waals surface area (Å²) < 4.78 is 11.6. The fraction of sp³-hybridized carbons (Fsp3) is 0.476. The van der Waals surface area contributed by atoms with E-state index >= 15 is 0 Å². The number of ketones is 1. The third kappa shape index (κ3) is 5.18. The highest BCUT2D eigenvalue weighted by Crippen LogP contribution is 2.25. The molecule has 2 heterocycles. The minimum absolute atomic E-state index is 0.109. The molecule has 144 valence electrons. The number of carbonyl (C=O) groups is 1. The topological polar surface area (TPSA) is 64.5 Å². The van der Waals surface area contributed by atoms with Gasteiger partial charge in [-0.05, 0) is 44.4 Å². The molecule has 0 radical (unpaired) electrons. The van der Waals surface area contributed by atoms with E-state index in [1.54, 1.807) is 19.3 Å². The van der Waals surface area contributed by atoms with E-state index in [1.807, 2.05) is 38.1 Å². The van der Waals surface area contributed by atoms with Crippen LogP contribution in [-0.2, 0) is 4.79 Å². The van der Waals surface area contributed by atoms with E-state index in [0.717, 1.165) is 24.4 Å². The monoisotopic (exact) mass is 369 g/mol. The summed E-state index contributed by atoms with van der Waals surface area (Å²) in [5.41, 5.74) is 1.16. The molecule has 0 unspecified atom stereocenters. The van der Waals surface area contributed by atoms with Gasteiger partial charge in [0.25, 0.3) is 0 Å². The fourth-order valence-electron chi connectivity index (χ4n) is 3.10. The van der Waals surface area contributed by atoms with Crippen LogP contribution in [0.5, 0.6) is 11.5 Å². The molecule has 0 bridgehead atoms. The standard InChI is InChI=1S/C21H27N3O3/c1-14(2)26-19-10-22-21(23-11-19)24-12-20(13-24)27-18-7-5-17(6-8-18)15(3)9-16(4)25/h5-8,10-11,14-15,20H,9,12-13H2,1-4H3/t15-/m1/s1. The molecule has 6 heteroatoms. The first kappa shape index (κ1) is 19.1. The minimum Gasteiger partial charge on any atom is -0.488 e. The number of benzene rings is 1. The van der Waals surface area contributed by atoms with Gasteiger partial charge in [0.2, 0.25) is 5.95 Å². The third-order valence-corrected chi connectivity index (χ3v) is 4.46. The van der Waals surface area contributed by atoms with Crippen molar-refractivity contribution in [3.05, 3.63) is 42.2 Å². The van der Waals surface area contributed by atoms with E-state index in [-0.39, 0.29) is 23.9 Å². The molecule has 1 aromatic heterocycles. The van der Waals surface area contributed by atoms with Crippen LogP contribution in [0.2, 0.25) is 0 Å². The Hall–Kier alpha value is -2.63. The number of ether oxygens (including phenoxy) is 2. The SMILES string of the molecule is CC(=O)C[C@@H](C)c1ccc(OC2CN(c3ncc(OC(C)C)cn3)C2)cc1. The van der Waals surface area contributed by atoms with Gasteiger partial charge < -0.3 is 19.2 Å². The van der Waals surface area contributed by atoms with Gasteiger partial charge >= 0.3 is 0 Å². The molecule has 1 saturated heterocycles. The number of Topliss-reactive ketones (excluding diaryl/α,β-unsaturated/α-hetero) is 1. The Morgan fingerprint density at radius 3 is 2.30 bits per heavy atom. The third-order valence-electron chi connectivity index (χ3n) is 4.46. The van der Waals surface area contributed by atoms with E-state index in [4.69, 9.17) is 9.47 Å². The highest BCUT2D eigenvalue weighted by molar-refractivity contribution is 5.76. The van der Waals surface area contributed by atoms with Crippen LogP contribution in [0.15, 0.2) is 36.7 Å². The Kier molecular flexibility index (Phi) is 5.94. The molecule has 27 heavy (non-hydrogen) atoms. The first-order chi connectivity index (χ1) is 12.9. The second-order valence-corrected chi connectivity index (χ2v) is 7.41. The van der Waals surface area contributed by atoms with Gasteiger partial charge in [-0.2, -0.15) is 0 Å². The lowest BCUT2D eigenvalue weighted by Crippen LogP contribution is -2.54. The van der Waals surface area contributed by atoms with Crippen molar-refractivity contribution < 1.29 is 14.3 Å². The summed E-state index contributed by atoms with van der Waals surface area (Å²) in [6.07, 6.45) is 4.21. The maximum absolute atomic E-state index is 11.3. The number of hydrogen-bond acceptors (Lipinski definition) is 6. The smallest absolute Gasteiger partial charge is 0.225 e. The predicted octanol–water partition coefficient (Wildman–Crippen LogP) is 3.61. The maximum atomic E-state index is 11.3. The number of nitrogens with zero attached hydrogens (tertiary/aromatic N) is 3. The molecule has 1 aromatic carbocycles. The van der Waals surface area contributed by atoms with E-state index in [2.05, 4.69) is 21.8 Å². The van der Waals surface area contributed by atoms with E-state index in [1.165, 1.54) is 0 Å². The second kappa shape index (κ2) is 8.37. The molecule has 0 spiro atoms.